The van der Waals surface area contributed by atoms with Gasteiger partial charge in [0.15, 0.2) is 11.5 Å². The van der Waals surface area contributed by atoms with Gasteiger partial charge in [-0.2, -0.15) is 0 Å². The number of esters is 1. The van der Waals surface area contributed by atoms with Crippen LogP contribution in [-0.2, 0) is 16.1 Å². The van der Waals surface area contributed by atoms with Gasteiger partial charge in [0.05, 0.1) is 5.92 Å². The van der Waals surface area contributed by atoms with Crippen molar-refractivity contribution in [2.45, 2.75) is 38.7 Å². The molecule has 2 aliphatic rings. The standard InChI is InChI=1S/C15H18O4/c16-15(12-4-2-1-3-5-12)17-9-11-6-7-13-14(8-11)19-10-18-13/h6-8,12H,1-5,9-10H2. The highest BCUT2D eigenvalue weighted by atomic mass is 16.7. The van der Waals surface area contributed by atoms with Gasteiger partial charge in [-0.15, -0.1) is 0 Å². The number of ether oxygens (including phenoxy) is 3. The van der Waals surface area contributed by atoms with E-state index in [1.807, 2.05) is 18.2 Å². The molecule has 1 aromatic rings. The number of fused-ring (bicyclic) bond motifs is 1. The van der Waals surface area contributed by atoms with Crippen molar-refractivity contribution in [1.82, 2.24) is 0 Å². The van der Waals surface area contributed by atoms with Gasteiger partial charge >= 0.3 is 5.97 Å². The summed E-state index contributed by atoms with van der Waals surface area (Å²) in [5.74, 6) is 1.52. The Morgan fingerprint density at radius 2 is 1.95 bits per heavy atom. The normalized spacial score (nSPS) is 18.3. The molecule has 1 aliphatic carbocycles. The van der Waals surface area contributed by atoms with Crippen LogP contribution < -0.4 is 9.47 Å². The fourth-order valence-corrected chi connectivity index (χ4v) is 2.64. The summed E-state index contributed by atoms with van der Waals surface area (Å²) in [6.45, 7) is 0.576. The van der Waals surface area contributed by atoms with Gasteiger partial charge in [0.1, 0.15) is 6.61 Å². The summed E-state index contributed by atoms with van der Waals surface area (Å²) in [6, 6.07) is 5.63. The molecule has 4 heteroatoms. The quantitative estimate of drug-likeness (QED) is 0.785. The van der Waals surface area contributed by atoms with E-state index in [4.69, 9.17) is 14.2 Å². The smallest absolute Gasteiger partial charge is 0.309 e. The Hall–Kier alpha value is -1.71. The molecule has 1 aliphatic heterocycles. The van der Waals surface area contributed by atoms with E-state index in [2.05, 4.69) is 0 Å². The van der Waals surface area contributed by atoms with Gasteiger partial charge in [-0.1, -0.05) is 25.3 Å². The monoisotopic (exact) mass is 262 g/mol. The van der Waals surface area contributed by atoms with E-state index in [0.29, 0.717) is 6.61 Å². The first-order valence-electron chi connectivity index (χ1n) is 6.88. The number of benzene rings is 1. The summed E-state index contributed by atoms with van der Waals surface area (Å²) in [7, 11) is 0. The van der Waals surface area contributed by atoms with Crippen molar-refractivity contribution in [3.05, 3.63) is 23.8 Å². The van der Waals surface area contributed by atoms with Crippen molar-refractivity contribution in [2.24, 2.45) is 5.92 Å². The van der Waals surface area contributed by atoms with E-state index in [9.17, 15) is 4.79 Å². The molecule has 0 saturated heterocycles. The zero-order chi connectivity index (χ0) is 13.1. The first-order valence-corrected chi connectivity index (χ1v) is 6.88. The van der Waals surface area contributed by atoms with Crippen LogP contribution in [-0.4, -0.2) is 12.8 Å². The lowest BCUT2D eigenvalue weighted by molar-refractivity contribution is -0.151. The van der Waals surface area contributed by atoms with Crippen LogP contribution in [0, 0.1) is 5.92 Å². The maximum absolute atomic E-state index is 11.9. The molecule has 4 nitrogen and oxygen atoms in total. The number of hydrogen-bond acceptors (Lipinski definition) is 4. The van der Waals surface area contributed by atoms with E-state index in [1.54, 1.807) is 0 Å². The molecule has 0 aromatic heterocycles. The Morgan fingerprint density at radius 3 is 2.79 bits per heavy atom. The fraction of sp³-hybridized carbons (Fsp3) is 0.533. The molecule has 1 heterocycles. The summed E-state index contributed by atoms with van der Waals surface area (Å²) >= 11 is 0. The van der Waals surface area contributed by atoms with Gasteiger partial charge in [-0.3, -0.25) is 4.79 Å². The number of hydrogen-bond donors (Lipinski definition) is 0. The minimum absolute atomic E-state index is 0.0580. The Bertz CT molecular complexity index is 463. The van der Waals surface area contributed by atoms with Crippen LogP contribution in [0.1, 0.15) is 37.7 Å². The Morgan fingerprint density at radius 1 is 1.16 bits per heavy atom. The van der Waals surface area contributed by atoms with Gasteiger partial charge < -0.3 is 14.2 Å². The van der Waals surface area contributed by atoms with Crippen molar-refractivity contribution < 1.29 is 19.0 Å². The molecule has 102 valence electrons. The summed E-state index contributed by atoms with van der Waals surface area (Å²) in [4.78, 5) is 11.9. The molecule has 1 fully saturated rings. The second kappa shape index (κ2) is 5.51. The van der Waals surface area contributed by atoms with Crippen LogP contribution in [0.15, 0.2) is 18.2 Å². The van der Waals surface area contributed by atoms with Gasteiger partial charge in [0, 0.05) is 0 Å². The zero-order valence-electron chi connectivity index (χ0n) is 10.9. The SMILES string of the molecule is O=C(OCc1ccc2c(c1)OCO2)C1CCCCC1. The van der Waals surface area contributed by atoms with Crippen LogP contribution in [0.4, 0.5) is 0 Å². The molecule has 1 saturated carbocycles. The van der Waals surface area contributed by atoms with Crippen LogP contribution >= 0.6 is 0 Å². The molecule has 0 radical (unpaired) electrons. The largest absolute Gasteiger partial charge is 0.461 e. The third-order valence-corrected chi connectivity index (χ3v) is 3.76. The summed E-state index contributed by atoms with van der Waals surface area (Å²) in [6.07, 6.45) is 5.47. The average molecular weight is 262 g/mol. The maximum atomic E-state index is 11.9. The van der Waals surface area contributed by atoms with Crippen LogP contribution in [0.5, 0.6) is 11.5 Å². The van der Waals surface area contributed by atoms with Gasteiger partial charge in [-0.05, 0) is 30.5 Å². The van der Waals surface area contributed by atoms with Gasteiger partial charge in [0.2, 0.25) is 6.79 Å². The van der Waals surface area contributed by atoms with E-state index in [1.165, 1.54) is 6.42 Å². The van der Waals surface area contributed by atoms with Gasteiger partial charge in [0.25, 0.3) is 0 Å². The van der Waals surface area contributed by atoms with E-state index in [0.717, 1.165) is 42.7 Å². The average Bonchev–Trinajstić information content (AvgIpc) is 2.93. The number of rotatable bonds is 3. The maximum Gasteiger partial charge on any atom is 0.309 e. The van der Waals surface area contributed by atoms with Crippen LogP contribution in [0.25, 0.3) is 0 Å². The summed E-state index contributed by atoms with van der Waals surface area (Å²) in [5.41, 5.74) is 0.938. The first kappa shape index (κ1) is 12.3. The molecular formula is C15H18O4. The summed E-state index contributed by atoms with van der Waals surface area (Å²) in [5, 5.41) is 0. The van der Waals surface area contributed by atoms with Crippen molar-refractivity contribution in [3.63, 3.8) is 0 Å². The topological polar surface area (TPSA) is 44.8 Å². The molecular weight excluding hydrogens is 244 g/mol. The molecule has 0 atom stereocenters. The number of carbonyl (C=O) groups excluding carboxylic acids is 1. The molecule has 19 heavy (non-hydrogen) atoms. The highest BCUT2D eigenvalue weighted by molar-refractivity contribution is 5.72. The third kappa shape index (κ3) is 2.83. The molecule has 0 bridgehead atoms. The lowest BCUT2D eigenvalue weighted by Crippen LogP contribution is -2.20. The van der Waals surface area contributed by atoms with Crippen LogP contribution in [0.3, 0.4) is 0 Å². The van der Waals surface area contributed by atoms with Crippen LogP contribution in [0.2, 0.25) is 0 Å². The minimum atomic E-state index is -0.0580. The van der Waals surface area contributed by atoms with E-state index >= 15 is 0 Å². The van der Waals surface area contributed by atoms with E-state index in [-0.39, 0.29) is 18.7 Å². The third-order valence-electron chi connectivity index (χ3n) is 3.76. The lowest BCUT2D eigenvalue weighted by atomic mass is 9.89. The Kier molecular flexibility index (Phi) is 3.58. The Labute approximate surface area is 112 Å². The predicted octanol–water partition coefficient (Wildman–Crippen LogP) is 3.04. The minimum Gasteiger partial charge on any atom is -0.461 e. The molecule has 0 amide bonds. The van der Waals surface area contributed by atoms with Crippen molar-refractivity contribution >= 4 is 5.97 Å². The molecule has 0 N–H and O–H groups in total. The summed E-state index contributed by atoms with van der Waals surface area (Å²) < 4.78 is 15.9. The van der Waals surface area contributed by atoms with E-state index < -0.39 is 0 Å². The predicted molar refractivity (Wildman–Crippen MR) is 68.9 cm³/mol. The highest BCUT2D eigenvalue weighted by Gasteiger charge is 2.22. The first-order chi connectivity index (χ1) is 9.33. The molecule has 3 rings (SSSR count). The molecule has 0 unspecified atom stereocenters. The van der Waals surface area contributed by atoms with Crippen molar-refractivity contribution in [2.75, 3.05) is 6.79 Å². The number of carbonyl (C=O) groups is 1. The van der Waals surface area contributed by atoms with Gasteiger partial charge in [-0.25, -0.2) is 0 Å². The molecule has 0 spiro atoms. The Balaban J connectivity index is 1.55. The highest BCUT2D eigenvalue weighted by Crippen LogP contribution is 2.33. The lowest BCUT2D eigenvalue weighted by Gasteiger charge is -2.19. The van der Waals surface area contributed by atoms with Crippen molar-refractivity contribution in [1.29, 1.82) is 0 Å². The zero-order valence-corrected chi connectivity index (χ0v) is 10.9. The second-order valence-corrected chi connectivity index (χ2v) is 5.13. The fourth-order valence-electron chi connectivity index (χ4n) is 2.64. The molecule has 1 aromatic carbocycles. The van der Waals surface area contributed by atoms with Crippen molar-refractivity contribution in [3.8, 4) is 11.5 Å². The second-order valence-electron chi connectivity index (χ2n) is 5.13.